The zero-order valence-electron chi connectivity index (χ0n) is 9.28. The van der Waals surface area contributed by atoms with Gasteiger partial charge in [0.25, 0.3) is 0 Å². The van der Waals surface area contributed by atoms with Crippen molar-refractivity contribution in [3.8, 4) is 0 Å². The van der Waals surface area contributed by atoms with E-state index < -0.39 is 12.2 Å². The highest BCUT2D eigenvalue weighted by Gasteiger charge is 2.35. The van der Waals surface area contributed by atoms with Gasteiger partial charge < -0.3 is 19.5 Å². The van der Waals surface area contributed by atoms with Gasteiger partial charge in [0.2, 0.25) is 0 Å². The lowest BCUT2D eigenvalue weighted by atomic mass is 10.2. The van der Waals surface area contributed by atoms with Gasteiger partial charge in [0, 0.05) is 6.42 Å². The van der Waals surface area contributed by atoms with Gasteiger partial charge in [-0.2, -0.15) is 4.37 Å². The van der Waals surface area contributed by atoms with Gasteiger partial charge in [-0.05, 0) is 18.5 Å². The number of aliphatic hydroxyl groups excluding tert-OH is 2. The highest BCUT2D eigenvalue weighted by atomic mass is 32.1. The first-order valence-electron chi connectivity index (χ1n) is 5.44. The summed E-state index contributed by atoms with van der Waals surface area (Å²) in [6, 6.07) is 0. The standard InChI is InChI=1S/C10H13N3O3S/c1-5-9-10(17-12-5)11-4-13(9)8-2-6(15)7(3-14)16-8/h4,6-8,14-15H,2-3H2,1H3/t6-,7+,8+/m0/s1. The lowest BCUT2D eigenvalue weighted by Gasteiger charge is -2.13. The first kappa shape index (κ1) is 11.1. The first-order valence-corrected chi connectivity index (χ1v) is 6.21. The Kier molecular flexibility index (Phi) is 2.62. The van der Waals surface area contributed by atoms with Gasteiger partial charge in [0.1, 0.15) is 17.8 Å². The molecule has 0 aromatic carbocycles. The molecule has 6 nitrogen and oxygen atoms in total. The Morgan fingerprint density at radius 2 is 2.47 bits per heavy atom. The van der Waals surface area contributed by atoms with E-state index in [1.54, 1.807) is 6.33 Å². The summed E-state index contributed by atoms with van der Waals surface area (Å²) in [5.74, 6) is 0. The molecule has 0 saturated carbocycles. The zero-order valence-corrected chi connectivity index (χ0v) is 10.1. The highest BCUT2D eigenvalue weighted by Crippen LogP contribution is 2.32. The van der Waals surface area contributed by atoms with Crippen LogP contribution in [0, 0.1) is 6.92 Å². The second-order valence-electron chi connectivity index (χ2n) is 4.19. The second-order valence-corrected chi connectivity index (χ2v) is 4.94. The van der Waals surface area contributed by atoms with Crippen LogP contribution in [0.3, 0.4) is 0 Å². The van der Waals surface area contributed by atoms with Crippen LogP contribution in [0.2, 0.25) is 0 Å². The predicted octanol–water partition coefficient (Wildman–Crippen LogP) is 0.442. The van der Waals surface area contributed by atoms with Gasteiger partial charge in [-0.1, -0.05) is 0 Å². The number of aromatic nitrogens is 3. The van der Waals surface area contributed by atoms with E-state index in [2.05, 4.69) is 9.36 Å². The molecular weight excluding hydrogens is 242 g/mol. The molecular formula is C10H13N3O3S. The Hall–Kier alpha value is -1.02. The average Bonchev–Trinajstić information content (AvgIpc) is 2.96. The topological polar surface area (TPSA) is 80.4 Å². The van der Waals surface area contributed by atoms with Gasteiger partial charge >= 0.3 is 0 Å². The summed E-state index contributed by atoms with van der Waals surface area (Å²) in [6.07, 6.45) is 0.750. The fourth-order valence-electron chi connectivity index (χ4n) is 2.18. The maximum atomic E-state index is 9.72. The van der Waals surface area contributed by atoms with Crippen molar-refractivity contribution in [3.63, 3.8) is 0 Å². The van der Waals surface area contributed by atoms with E-state index >= 15 is 0 Å². The quantitative estimate of drug-likeness (QED) is 0.814. The summed E-state index contributed by atoms with van der Waals surface area (Å²) in [5.41, 5.74) is 1.86. The van der Waals surface area contributed by atoms with Crippen LogP contribution >= 0.6 is 11.5 Å². The molecule has 7 heteroatoms. The molecule has 3 atom stereocenters. The van der Waals surface area contributed by atoms with Crippen LogP contribution in [-0.4, -0.2) is 43.0 Å². The molecule has 1 aliphatic rings. The molecule has 0 radical (unpaired) electrons. The van der Waals surface area contributed by atoms with Crippen molar-refractivity contribution in [1.29, 1.82) is 0 Å². The summed E-state index contributed by atoms with van der Waals surface area (Å²) < 4.78 is 11.7. The minimum atomic E-state index is -0.630. The summed E-state index contributed by atoms with van der Waals surface area (Å²) >= 11 is 1.35. The smallest absolute Gasteiger partial charge is 0.161 e. The van der Waals surface area contributed by atoms with E-state index in [1.807, 2.05) is 11.5 Å². The molecule has 1 saturated heterocycles. The van der Waals surface area contributed by atoms with Crippen molar-refractivity contribution in [1.82, 2.24) is 13.9 Å². The van der Waals surface area contributed by atoms with E-state index in [1.165, 1.54) is 11.5 Å². The number of rotatable bonds is 2. The molecule has 92 valence electrons. The van der Waals surface area contributed by atoms with Crippen molar-refractivity contribution in [2.45, 2.75) is 31.8 Å². The van der Waals surface area contributed by atoms with Gasteiger partial charge in [-0.3, -0.25) is 0 Å². The van der Waals surface area contributed by atoms with Gasteiger partial charge in [-0.15, -0.1) is 0 Å². The molecule has 3 rings (SSSR count). The molecule has 17 heavy (non-hydrogen) atoms. The third kappa shape index (κ3) is 1.66. The highest BCUT2D eigenvalue weighted by molar-refractivity contribution is 7.12. The Labute approximate surface area is 102 Å². The van der Waals surface area contributed by atoms with E-state index in [9.17, 15) is 5.11 Å². The Morgan fingerprint density at radius 1 is 1.65 bits per heavy atom. The lowest BCUT2D eigenvalue weighted by Crippen LogP contribution is -2.24. The SMILES string of the molecule is Cc1nsc2ncn([C@H]3C[C@H](O)[C@@H](CO)O3)c12. The molecule has 0 aliphatic carbocycles. The summed E-state index contributed by atoms with van der Waals surface area (Å²) in [5, 5.41) is 18.8. The van der Waals surface area contributed by atoms with Crippen molar-refractivity contribution in [2.24, 2.45) is 0 Å². The minimum Gasteiger partial charge on any atom is -0.394 e. The van der Waals surface area contributed by atoms with Gasteiger partial charge in [0.05, 0.1) is 24.7 Å². The molecule has 1 fully saturated rings. The molecule has 0 amide bonds. The number of imidazole rings is 1. The molecule has 0 bridgehead atoms. The number of aliphatic hydroxyl groups is 2. The number of nitrogens with zero attached hydrogens (tertiary/aromatic N) is 3. The van der Waals surface area contributed by atoms with Crippen LogP contribution in [0.5, 0.6) is 0 Å². The van der Waals surface area contributed by atoms with Crippen molar-refractivity contribution >= 4 is 21.9 Å². The van der Waals surface area contributed by atoms with Crippen LogP contribution < -0.4 is 0 Å². The Balaban J connectivity index is 1.97. The van der Waals surface area contributed by atoms with Gasteiger partial charge in [0.15, 0.2) is 4.83 Å². The van der Waals surface area contributed by atoms with E-state index in [0.717, 1.165) is 16.0 Å². The van der Waals surface area contributed by atoms with Crippen molar-refractivity contribution < 1.29 is 14.9 Å². The normalized spacial score (nSPS) is 29.2. The Morgan fingerprint density at radius 3 is 3.18 bits per heavy atom. The fraction of sp³-hybridized carbons (Fsp3) is 0.600. The van der Waals surface area contributed by atoms with Gasteiger partial charge in [-0.25, -0.2) is 4.98 Å². The number of aryl methyl sites for hydroxylation is 1. The average molecular weight is 255 g/mol. The lowest BCUT2D eigenvalue weighted by molar-refractivity contribution is -0.0430. The number of fused-ring (bicyclic) bond motifs is 1. The molecule has 2 N–H and O–H groups in total. The predicted molar refractivity (Wildman–Crippen MR) is 61.8 cm³/mol. The maximum Gasteiger partial charge on any atom is 0.161 e. The molecule has 1 aliphatic heterocycles. The monoisotopic (exact) mass is 255 g/mol. The van der Waals surface area contributed by atoms with E-state index in [4.69, 9.17) is 9.84 Å². The zero-order chi connectivity index (χ0) is 12.0. The van der Waals surface area contributed by atoms with Crippen LogP contribution in [0.25, 0.3) is 10.3 Å². The van der Waals surface area contributed by atoms with Crippen LogP contribution in [0.15, 0.2) is 6.33 Å². The van der Waals surface area contributed by atoms with Crippen LogP contribution in [0.4, 0.5) is 0 Å². The van der Waals surface area contributed by atoms with Crippen LogP contribution in [0.1, 0.15) is 18.3 Å². The maximum absolute atomic E-state index is 9.72. The second kappa shape index (κ2) is 4.02. The number of ether oxygens (including phenoxy) is 1. The molecule has 3 heterocycles. The third-order valence-electron chi connectivity index (χ3n) is 3.07. The number of hydrogen-bond donors (Lipinski definition) is 2. The van der Waals surface area contributed by atoms with E-state index in [-0.39, 0.29) is 12.8 Å². The summed E-state index contributed by atoms with van der Waals surface area (Å²) in [7, 11) is 0. The third-order valence-corrected chi connectivity index (χ3v) is 3.90. The van der Waals surface area contributed by atoms with Crippen molar-refractivity contribution in [2.75, 3.05) is 6.61 Å². The molecule has 0 spiro atoms. The molecule has 0 unspecified atom stereocenters. The van der Waals surface area contributed by atoms with Crippen LogP contribution in [-0.2, 0) is 4.74 Å². The number of hydrogen-bond acceptors (Lipinski definition) is 6. The summed E-state index contributed by atoms with van der Waals surface area (Å²) in [4.78, 5) is 5.12. The minimum absolute atomic E-state index is 0.170. The summed E-state index contributed by atoms with van der Waals surface area (Å²) in [6.45, 7) is 1.75. The fourth-order valence-corrected chi connectivity index (χ4v) is 2.92. The largest absolute Gasteiger partial charge is 0.394 e. The first-order chi connectivity index (χ1) is 8.20. The molecule has 2 aromatic heterocycles. The molecule has 2 aromatic rings. The Bertz CT molecular complexity index is 538. The van der Waals surface area contributed by atoms with E-state index in [0.29, 0.717) is 6.42 Å². The van der Waals surface area contributed by atoms with Crippen molar-refractivity contribution in [3.05, 3.63) is 12.0 Å².